The van der Waals surface area contributed by atoms with E-state index in [9.17, 15) is 5.11 Å². The number of hydrogen-bond acceptors (Lipinski definition) is 4. The summed E-state index contributed by atoms with van der Waals surface area (Å²) in [5, 5.41) is 18.8. The fourth-order valence-electron chi connectivity index (χ4n) is 1.45. The fourth-order valence-corrected chi connectivity index (χ4v) is 1.45. The zero-order chi connectivity index (χ0) is 12.1. The molecule has 17 heavy (non-hydrogen) atoms. The maximum absolute atomic E-state index is 9.70. The number of benzene rings is 1. The van der Waals surface area contributed by atoms with Crippen LogP contribution < -0.4 is 4.74 Å². The van der Waals surface area contributed by atoms with E-state index in [1.54, 1.807) is 24.5 Å². The molecule has 0 aliphatic carbocycles. The van der Waals surface area contributed by atoms with Gasteiger partial charge in [-0.25, -0.2) is 0 Å². The van der Waals surface area contributed by atoms with Crippen LogP contribution >= 0.6 is 0 Å². The molecule has 1 aromatic heterocycles. The molecule has 0 bridgehead atoms. The second-order valence-electron chi connectivity index (χ2n) is 3.74. The predicted octanol–water partition coefficient (Wildman–Crippen LogP) is 1.97. The van der Waals surface area contributed by atoms with Crippen molar-refractivity contribution in [2.75, 3.05) is 6.61 Å². The smallest absolute Gasteiger partial charge is 0.119 e. The molecule has 0 aliphatic heterocycles. The van der Waals surface area contributed by atoms with Crippen molar-refractivity contribution in [2.24, 2.45) is 0 Å². The third kappa shape index (κ3) is 3.53. The van der Waals surface area contributed by atoms with Crippen LogP contribution in [0.25, 0.3) is 0 Å². The first-order valence-corrected chi connectivity index (χ1v) is 5.36. The van der Waals surface area contributed by atoms with Crippen LogP contribution in [0.15, 0.2) is 47.1 Å². The first-order valence-electron chi connectivity index (χ1n) is 5.36. The van der Waals surface area contributed by atoms with Gasteiger partial charge in [0, 0.05) is 6.42 Å². The largest absolute Gasteiger partial charge is 0.508 e. The van der Waals surface area contributed by atoms with Crippen LogP contribution in [0, 0.1) is 0 Å². The third-order valence-corrected chi connectivity index (χ3v) is 2.30. The van der Waals surface area contributed by atoms with Crippen LogP contribution in [0.5, 0.6) is 11.5 Å². The predicted molar refractivity (Wildman–Crippen MR) is 62.0 cm³/mol. The van der Waals surface area contributed by atoms with Gasteiger partial charge in [0.15, 0.2) is 0 Å². The van der Waals surface area contributed by atoms with Crippen LogP contribution in [-0.2, 0) is 6.42 Å². The zero-order valence-electron chi connectivity index (χ0n) is 9.24. The Kier molecular flexibility index (Phi) is 3.67. The molecular formula is C13H14O4. The number of phenolic OH excluding ortho intramolecular Hbond substituents is 1. The van der Waals surface area contributed by atoms with Crippen molar-refractivity contribution < 1.29 is 19.4 Å². The lowest BCUT2D eigenvalue weighted by Crippen LogP contribution is -2.19. The molecule has 1 unspecified atom stereocenters. The first kappa shape index (κ1) is 11.5. The third-order valence-electron chi connectivity index (χ3n) is 2.30. The summed E-state index contributed by atoms with van der Waals surface area (Å²) in [6.45, 7) is 0.186. The molecule has 1 heterocycles. The summed E-state index contributed by atoms with van der Waals surface area (Å²) in [4.78, 5) is 0. The molecule has 0 fully saturated rings. The molecule has 1 atom stereocenters. The molecule has 2 aromatic rings. The van der Waals surface area contributed by atoms with Crippen LogP contribution in [-0.4, -0.2) is 22.9 Å². The van der Waals surface area contributed by atoms with Gasteiger partial charge in [-0.15, -0.1) is 0 Å². The van der Waals surface area contributed by atoms with Crippen LogP contribution in [0.4, 0.5) is 0 Å². The number of aliphatic hydroxyl groups excluding tert-OH is 1. The van der Waals surface area contributed by atoms with E-state index in [0.29, 0.717) is 12.2 Å². The summed E-state index contributed by atoms with van der Waals surface area (Å²) in [7, 11) is 0. The lowest BCUT2D eigenvalue weighted by atomic mass is 10.2. The number of aliphatic hydroxyl groups is 1. The van der Waals surface area contributed by atoms with E-state index in [0.717, 1.165) is 5.76 Å². The highest BCUT2D eigenvalue weighted by Gasteiger charge is 2.08. The average molecular weight is 234 g/mol. The average Bonchev–Trinajstić information content (AvgIpc) is 2.81. The Hall–Kier alpha value is -1.94. The minimum atomic E-state index is -0.616. The van der Waals surface area contributed by atoms with Gasteiger partial charge in [-0.1, -0.05) is 0 Å². The molecule has 0 amide bonds. The number of aromatic hydroxyl groups is 1. The van der Waals surface area contributed by atoms with Gasteiger partial charge >= 0.3 is 0 Å². The lowest BCUT2D eigenvalue weighted by molar-refractivity contribution is 0.103. The van der Waals surface area contributed by atoms with E-state index < -0.39 is 6.10 Å². The Balaban J connectivity index is 1.79. The molecule has 0 aliphatic rings. The topological polar surface area (TPSA) is 62.8 Å². The van der Waals surface area contributed by atoms with Gasteiger partial charge in [0.25, 0.3) is 0 Å². The summed E-state index contributed by atoms with van der Waals surface area (Å²) < 4.78 is 10.5. The van der Waals surface area contributed by atoms with Crippen molar-refractivity contribution in [3.8, 4) is 11.5 Å². The first-order chi connectivity index (χ1) is 8.24. The number of hydrogen-bond donors (Lipinski definition) is 2. The highest BCUT2D eigenvalue weighted by atomic mass is 16.5. The maximum atomic E-state index is 9.70. The molecule has 0 radical (unpaired) electrons. The molecule has 0 spiro atoms. The molecule has 90 valence electrons. The van der Waals surface area contributed by atoms with E-state index >= 15 is 0 Å². The van der Waals surface area contributed by atoms with Gasteiger partial charge in [0.2, 0.25) is 0 Å². The minimum Gasteiger partial charge on any atom is -0.508 e. The van der Waals surface area contributed by atoms with Crippen LogP contribution in [0.1, 0.15) is 5.76 Å². The van der Waals surface area contributed by atoms with Crippen molar-refractivity contribution in [1.29, 1.82) is 0 Å². The van der Waals surface area contributed by atoms with E-state index in [-0.39, 0.29) is 12.4 Å². The lowest BCUT2D eigenvalue weighted by Gasteiger charge is -2.11. The Labute approximate surface area is 99.1 Å². The van der Waals surface area contributed by atoms with Crippen molar-refractivity contribution in [2.45, 2.75) is 12.5 Å². The molecule has 0 saturated heterocycles. The Morgan fingerprint density at radius 1 is 1.18 bits per heavy atom. The number of furan rings is 1. The molecule has 2 rings (SSSR count). The summed E-state index contributed by atoms with van der Waals surface area (Å²) in [5.41, 5.74) is 0. The number of rotatable bonds is 5. The highest BCUT2D eigenvalue weighted by molar-refractivity contribution is 5.30. The SMILES string of the molecule is Oc1ccc(OCC(O)Cc2ccco2)cc1. The summed E-state index contributed by atoms with van der Waals surface area (Å²) in [6.07, 6.45) is 1.38. The highest BCUT2D eigenvalue weighted by Crippen LogP contribution is 2.16. The summed E-state index contributed by atoms with van der Waals surface area (Å²) in [5.74, 6) is 1.53. The Morgan fingerprint density at radius 3 is 2.59 bits per heavy atom. The van der Waals surface area contributed by atoms with Crippen LogP contribution in [0.3, 0.4) is 0 Å². The van der Waals surface area contributed by atoms with Crippen molar-refractivity contribution in [1.82, 2.24) is 0 Å². The standard InChI is InChI=1S/C13H14O4/c14-10-3-5-12(6-4-10)17-9-11(15)8-13-2-1-7-16-13/h1-7,11,14-15H,8-9H2. The van der Waals surface area contributed by atoms with Gasteiger partial charge in [-0.05, 0) is 36.4 Å². The molecule has 4 nitrogen and oxygen atoms in total. The van der Waals surface area contributed by atoms with E-state index in [4.69, 9.17) is 14.3 Å². The second-order valence-corrected chi connectivity index (χ2v) is 3.74. The number of phenols is 1. The fraction of sp³-hybridized carbons (Fsp3) is 0.231. The molecule has 1 aromatic carbocycles. The normalized spacial score (nSPS) is 12.3. The van der Waals surface area contributed by atoms with Crippen molar-refractivity contribution in [3.63, 3.8) is 0 Å². The number of ether oxygens (including phenoxy) is 1. The van der Waals surface area contributed by atoms with E-state index in [1.807, 2.05) is 6.07 Å². The van der Waals surface area contributed by atoms with Crippen LogP contribution in [0.2, 0.25) is 0 Å². The Morgan fingerprint density at radius 2 is 1.94 bits per heavy atom. The van der Waals surface area contributed by atoms with Crippen molar-refractivity contribution >= 4 is 0 Å². The van der Waals surface area contributed by atoms with E-state index in [2.05, 4.69) is 0 Å². The Bertz CT molecular complexity index is 433. The minimum absolute atomic E-state index is 0.186. The second kappa shape index (κ2) is 5.41. The quantitative estimate of drug-likeness (QED) is 0.830. The monoisotopic (exact) mass is 234 g/mol. The molecule has 4 heteroatoms. The maximum Gasteiger partial charge on any atom is 0.119 e. The van der Waals surface area contributed by atoms with Gasteiger partial charge in [-0.3, -0.25) is 0 Å². The van der Waals surface area contributed by atoms with Gasteiger partial charge in [0.1, 0.15) is 23.9 Å². The van der Waals surface area contributed by atoms with E-state index in [1.165, 1.54) is 12.1 Å². The van der Waals surface area contributed by atoms with Gasteiger partial charge in [-0.2, -0.15) is 0 Å². The molecule has 0 saturated carbocycles. The van der Waals surface area contributed by atoms with Crippen molar-refractivity contribution in [3.05, 3.63) is 48.4 Å². The summed E-state index contributed by atoms with van der Waals surface area (Å²) >= 11 is 0. The van der Waals surface area contributed by atoms with Gasteiger partial charge in [0.05, 0.1) is 12.4 Å². The zero-order valence-corrected chi connectivity index (χ0v) is 9.24. The van der Waals surface area contributed by atoms with Gasteiger partial charge < -0.3 is 19.4 Å². The molecule has 2 N–H and O–H groups in total. The molecular weight excluding hydrogens is 220 g/mol. The summed E-state index contributed by atoms with van der Waals surface area (Å²) in [6, 6.07) is 9.96.